The lowest BCUT2D eigenvalue weighted by Crippen LogP contribution is -2.41. The number of hydrogen-bond donors (Lipinski definition) is 1. The van der Waals surface area contributed by atoms with Gasteiger partial charge in [0.25, 0.3) is 0 Å². The first kappa shape index (κ1) is 14.8. The SMILES string of the molecule is CC1(C)OB([C@H](N)c2c(F)cccc2Cl)OC1(C)C. The van der Waals surface area contributed by atoms with Crippen LogP contribution in [0.1, 0.15) is 39.2 Å². The average molecular weight is 286 g/mol. The molecule has 3 nitrogen and oxygen atoms in total. The van der Waals surface area contributed by atoms with E-state index in [9.17, 15) is 4.39 Å². The Hall–Kier alpha value is -0.615. The van der Waals surface area contributed by atoms with Gasteiger partial charge in [-0.1, -0.05) is 17.7 Å². The molecule has 0 unspecified atom stereocenters. The minimum absolute atomic E-state index is 0.225. The third-order valence-electron chi connectivity index (χ3n) is 3.90. The van der Waals surface area contributed by atoms with Gasteiger partial charge in [-0.05, 0) is 39.8 Å². The molecular formula is C13H18BClFNO2. The molecule has 0 amide bonds. The molecule has 0 aromatic heterocycles. The Morgan fingerprint density at radius 1 is 1.21 bits per heavy atom. The van der Waals surface area contributed by atoms with Crippen molar-refractivity contribution in [1.29, 1.82) is 0 Å². The minimum atomic E-state index is -0.769. The van der Waals surface area contributed by atoms with Crippen LogP contribution in [0, 0.1) is 5.82 Å². The van der Waals surface area contributed by atoms with Gasteiger partial charge < -0.3 is 15.0 Å². The highest BCUT2D eigenvalue weighted by atomic mass is 35.5. The highest BCUT2D eigenvalue weighted by Crippen LogP contribution is 2.40. The Morgan fingerprint density at radius 2 is 1.74 bits per heavy atom. The summed E-state index contributed by atoms with van der Waals surface area (Å²) in [7, 11) is -0.723. The van der Waals surface area contributed by atoms with Crippen LogP contribution >= 0.6 is 11.6 Å². The van der Waals surface area contributed by atoms with Gasteiger partial charge in [0.05, 0.1) is 17.1 Å². The second kappa shape index (κ2) is 4.74. The standard InChI is InChI=1S/C13H18BClFNO2/c1-12(2)13(3,4)19-14(18-12)11(17)10-8(15)6-5-7-9(10)16/h5-7,11H,17H2,1-4H3/t11-/m1/s1. The molecule has 1 aromatic rings. The van der Waals surface area contributed by atoms with Crippen molar-refractivity contribution in [3.05, 3.63) is 34.6 Å². The molecule has 0 bridgehead atoms. The smallest absolute Gasteiger partial charge is 0.402 e. The molecule has 6 heteroatoms. The van der Waals surface area contributed by atoms with E-state index in [1.165, 1.54) is 12.1 Å². The van der Waals surface area contributed by atoms with E-state index in [-0.39, 0.29) is 10.6 Å². The molecule has 19 heavy (non-hydrogen) atoms. The quantitative estimate of drug-likeness (QED) is 0.849. The largest absolute Gasteiger partial charge is 0.480 e. The average Bonchev–Trinajstić information content (AvgIpc) is 2.47. The zero-order chi connectivity index (χ0) is 14.4. The molecule has 1 aliphatic rings. The predicted octanol–water partition coefficient (Wildman–Crippen LogP) is 3.11. The van der Waals surface area contributed by atoms with Crippen molar-refractivity contribution in [2.75, 3.05) is 0 Å². The molecule has 1 aliphatic heterocycles. The third-order valence-corrected chi connectivity index (χ3v) is 4.23. The fourth-order valence-electron chi connectivity index (χ4n) is 2.00. The van der Waals surface area contributed by atoms with Crippen molar-refractivity contribution in [3.63, 3.8) is 0 Å². The van der Waals surface area contributed by atoms with Crippen LogP contribution in [0.2, 0.25) is 5.02 Å². The van der Waals surface area contributed by atoms with Crippen LogP contribution < -0.4 is 5.73 Å². The van der Waals surface area contributed by atoms with Gasteiger partial charge in [-0.2, -0.15) is 0 Å². The molecule has 2 N–H and O–H groups in total. The summed E-state index contributed by atoms with van der Waals surface area (Å²) >= 11 is 6.01. The summed E-state index contributed by atoms with van der Waals surface area (Å²) in [5, 5.41) is 0.280. The Bertz CT molecular complexity index is 459. The molecule has 1 fully saturated rings. The topological polar surface area (TPSA) is 44.5 Å². The summed E-state index contributed by atoms with van der Waals surface area (Å²) in [5.41, 5.74) is 5.28. The van der Waals surface area contributed by atoms with Crippen LogP contribution in [0.25, 0.3) is 0 Å². The molecule has 0 aliphatic carbocycles. The number of halogens is 2. The van der Waals surface area contributed by atoms with E-state index in [1.54, 1.807) is 6.07 Å². The van der Waals surface area contributed by atoms with E-state index in [4.69, 9.17) is 26.6 Å². The zero-order valence-corrected chi connectivity index (χ0v) is 12.3. The normalized spacial score (nSPS) is 22.6. The van der Waals surface area contributed by atoms with Crippen molar-refractivity contribution < 1.29 is 13.7 Å². The lowest BCUT2D eigenvalue weighted by molar-refractivity contribution is 0.00578. The number of nitrogens with two attached hydrogens (primary N) is 1. The van der Waals surface area contributed by atoms with Crippen molar-refractivity contribution in [1.82, 2.24) is 0 Å². The second-order valence-electron chi connectivity index (χ2n) is 5.79. The van der Waals surface area contributed by atoms with Gasteiger partial charge in [-0.3, -0.25) is 0 Å². The minimum Gasteiger partial charge on any atom is -0.402 e. The summed E-state index contributed by atoms with van der Waals surface area (Å²) in [6.07, 6.45) is 0. The number of rotatable bonds is 2. The first-order chi connectivity index (χ1) is 8.66. The Morgan fingerprint density at radius 3 is 2.21 bits per heavy atom. The van der Waals surface area contributed by atoms with Gasteiger partial charge in [0.15, 0.2) is 0 Å². The number of hydrogen-bond acceptors (Lipinski definition) is 3. The molecule has 104 valence electrons. The third kappa shape index (κ3) is 2.52. The van der Waals surface area contributed by atoms with Crippen LogP contribution in [0.3, 0.4) is 0 Å². The second-order valence-corrected chi connectivity index (χ2v) is 6.19. The lowest BCUT2D eigenvalue weighted by atomic mass is 9.74. The van der Waals surface area contributed by atoms with Gasteiger partial charge in [-0.15, -0.1) is 0 Å². The summed E-state index contributed by atoms with van der Waals surface area (Å²) in [4.78, 5) is 0. The summed E-state index contributed by atoms with van der Waals surface area (Å²) < 4.78 is 25.5. The Labute approximate surface area is 118 Å². The van der Waals surface area contributed by atoms with Crippen LogP contribution in [0.5, 0.6) is 0 Å². The van der Waals surface area contributed by atoms with Gasteiger partial charge >= 0.3 is 7.12 Å². The Kier molecular flexibility index (Phi) is 3.69. The van der Waals surface area contributed by atoms with Gasteiger partial charge in [0.2, 0.25) is 0 Å². The molecule has 1 atom stereocenters. The molecule has 0 saturated carbocycles. The van der Waals surface area contributed by atoms with Gasteiger partial charge in [0, 0.05) is 10.6 Å². The highest BCUT2D eigenvalue weighted by Gasteiger charge is 2.53. The molecular weight excluding hydrogens is 267 g/mol. The first-order valence-corrected chi connectivity index (χ1v) is 6.58. The van der Waals surface area contributed by atoms with E-state index in [0.29, 0.717) is 0 Å². The van der Waals surface area contributed by atoms with Gasteiger partial charge in [0.1, 0.15) is 5.82 Å². The van der Waals surface area contributed by atoms with E-state index in [1.807, 2.05) is 27.7 Å². The molecule has 2 rings (SSSR count). The van der Waals surface area contributed by atoms with E-state index >= 15 is 0 Å². The molecule has 0 spiro atoms. The summed E-state index contributed by atoms with van der Waals surface area (Å²) in [6, 6.07) is 4.47. The van der Waals surface area contributed by atoms with Crippen LogP contribution in [0.15, 0.2) is 18.2 Å². The maximum absolute atomic E-state index is 13.9. The lowest BCUT2D eigenvalue weighted by Gasteiger charge is -2.32. The zero-order valence-electron chi connectivity index (χ0n) is 11.5. The summed E-state index contributed by atoms with van der Waals surface area (Å²) in [5.74, 6) is -1.22. The van der Waals surface area contributed by atoms with Crippen molar-refractivity contribution in [2.24, 2.45) is 5.73 Å². The molecule has 1 heterocycles. The van der Waals surface area contributed by atoms with Gasteiger partial charge in [-0.25, -0.2) is 4.39 Å². The van der Waals surface area contributed by atoms with Crippen LogP contribution in [-0.2, 0) is 9.31 Å². The van der Waals surface area contributed by atoms with Crippen molar-refractivity contribution in [3.8, 4) is 0 Å². The Balaban J connectivity index is 2.30. The fourth-order valence-corrected chi connectivity index (χ4v) is 2.29. The van der Waals surface area contributed by atoms with Crippen LogP contribution in [-0.4, -0.2) is 18.3 Å². The monoisotopic (exact) mass is 285 g/mol. The van der Waals surface area contributed by atoms with Crippen molar-refractivity contribution >= 4 is 18.7 Å². The molecule has 0 radical (unpaired) electrons. The predicted molar refractivity (Wildman–Crippen MR) is 74.4 cm³/mol. The maximum Gasteiger partial charge on any atom is 0.480 e. The molecule has 1 saturated heterocycles. The van der Waals surface area contributed by atoms with E-state index < -0.39 is 30.1 Å². The van der Waals surface area contributed by atoms with E-state index in [0.717, 1.165) is 0 Å². The van der Waals surface area contributed by atoms with Crippen LogP contribution in [0.4, 0.5) is 4.39 Å². The summed E-state index contributed by atoms with van der Waals surface area (Å²) in [6.45, 7) is 7.68. The van der Waals surface area contributed by atoms with Crippen molar-refractivity contribution in [2.45, 2.75) is 44.8 Å². The molecule has 1 aromatic carbocycles. The van der Waals surface area contributed by atoms with E-state index in [2.05, 4.69) is 0 Å². The first-order valence-electron chi connectivity index (χ1n) is 6.21. The fraction of sp³-hybridized carbons (Fsp3) is 0.538. The number of benzene rings is 1. The maximum atomic E-state index is 13.9. The highest BCUT2D eigenvalue weighted by molar-refractivity contribution is 6.48.